The van der Waals surface area contributed by atoms with Gasteiger partial charge in [0.25, 0.3) is 0 Å². The van der Waals surface area contributed by atoms with Gasteiger partial charge in [0.1, 0.15) is 0 Å². The van der Waals surface area contributed by atoms with Crippen LogP contribution in [0.2, 0.25) is 0 Å². The van der Waals surface area contributed by atoms with Crippen LogP contribution in [0.5, 0.6) is 0 Å². The Hall–Kier alpha value is -0.520. The fraction of sp³-hybridized carbons (Fsp3) is 0.600. The number of allylic oxidation sites excluding steroid dienone is 4. The molecule has 0 amide bonds. The molecule has 0 saturated carbocycles. The zero-order valence-electron chi connectivity index (χ0n) is 6.51. The molecule has 0 N–H and O–H groups in total. The molecule has 0 atom stereocenters. The van der Waals surface area contributed by atoms with Gasteiger partial charge in [-0.15, -0.1) is 0 Å². The molecule has 0 unspecified atom stereocenters. The summed E-state index contributed by atoms with van der Waals surface area (Å²) in [6.07, 6.45) is 13.6. The Morgan fingerprint density at radius 3 is 2.40 bits per heavy atom. The molecule has 54 valence electrons. The van der Waals surface area contributed by atoms with Crippen LogP contribution in [0.4, 0.5) is 0 Å². The molecule has 0 heteroatoms. The van der Waals surface area contributed by atoms with Gasteiger partial charge in [0.15, 0.2) is 0 Å². The summed E-state index contributed by atoms with van der Waals surface area (Å²) >= 11 is 0. The van der Waals surface area contributed by atoms with Gasteiger partial charge in [-0.2, -0.15) is 0 Å². The Bertz CT molecular complexity index is 172. The number of fused-ring (bicyclic) bond motifs is 1. The molecule has 0 nitrogen and oxygen atoms in total. The van der Waals surface area contributed by atoms with Gasteiger partial charge in [-0.05, 0) is 25.2 Å². The molecule has 0 aliphatic heterocycles. The van der Waals surface area contributed by atoms with Crippen molar-refractivity contribution in [3.05, 3.63) is 24.3 Å². The van der Waals surface area contributed by atoms with Gasteiger partial charge in [0.05, 0.1) is 0 Å². The summed E-state index contributed by atoms with van der Waals surface area (Å²) in [5, 5.41) is 0. The number of hydrogen-bond acceptors (Lipinski definition) is 0. The maximum atomic E-state index is 2.40. The molecular formula is C10H14. The first-order valence-corrected chi connectivity index (χ1v) is 4.23. The van der Waals surface area contributed by atoms with E-state index in [4.69, 9.17) is 0 Å². The third-order valence-electron chi connectivity index (χ3n) is 2.95. The fourth-order valence-electron chi connectivity index (χ4n) is 1.96. The SMILES string of the molecule is CCC12C=CC(C=C1)CC2. The van der Waals surface area contributed by atoms with Gasteiger partial charge in [-0.3, -0.25) is 0 Å². The summed E-state index contributed by atoms with van der Waals surface area (Å²) in [4.78, 5) is 0. The highest BCUT2D eigenvalue weighted by Crippen LogP contribution is 2.42. The zero-order chi connectivity index (χ0) is 7.03. The van der Waals surface area contributed by atoms with Crippen LogP contribution in [-0.2, 0) is 0 Å². The lowest BCUT2D eigenvalue weighted by molar-refractivity contribution is 0.356. The minimum Gasteiger partial charge on any atom is -0.0808 e. The van der Waals surface area contributed by atoms with Crippen LogP contribution in [-0.4, -0.2) is 0 Å². The van der Waals surface area contributed by atoms with Crippen molar-refractivity contribution in [3.8, 4) is 0 Å². The van der Waals surface area contributed by atoms with E-state index >= 15 is 0 Å². The Morgan fingerprint density at radius 1 is 1.40 bits per heavy atom. The first-order valence-electron chi connectivity index (χ1n) is 4.23. The van der Waals surface area contributed by atoms with Crippen LogP contribution in [0.15, 0.2) is 24.3 Å². The zero-order valence-corrected chi connectivity index (χ0v) is 6.51. The minimum absolute atomic E-state index is 0.467. The third kappa shape index (κ3) is 0.749. The van der Waals surface area contributed by atoms with Crippen molar-refractivity contribution in [1.29, 1.82) is 0 Å². The highest BCUT2D eigenvalue weighted by Gasteiger charge is 2.29. The van der Waals surface area contributed by atoms with E-state index in [9.17, 15) is 0 Å². The molecule has 0 fully saturated rings. The summed E-state index contributed by atoms with van der Waals surface area (Å²) < 4.78 is 0. The summed E-state index contributed by atoms with van der Waals surface area (Å²) in [6, 6.07) is 0. The van der Waals surface area contributed by atoms with E-state index in [-0.39, 0.29) is 0 Å². The molecule has 0 saturated heterocycles. The lowest BCUT2D eigenvalue weighted by Gasteiger charge is -2.36. The van der Waals surface area contributed by atoms with Crippen molar-refractivity contribution < 1.29 is 0 Å². The van der Waals surface area contributed by atoms with Crippen molar-refractivity contribution in [2.75, 3.05) is 0 Å². The monoisotopic (exact) mass is 134 g/mol. The molecule has 10 heavy (non-hydrogen) atoms. The highest BCUT2D eigenvalue weighted by molar-refractivity contribution is 5.24. The molecule has 0 spiro atoms. The standard InChI is InChI=1S/C10H14/c1-2-10-6-3-9(4-7-10)5-8-10/h3-4,6-7,9H,2,5,8H2,1H3. The van der Waals surface area contributed by atoms with Gasteiger partial charge >= 0.3 is 0 Å². The number of hydrogen-bond donors (Lipinski definition) is 0. The Kier molecular flexibility index (Phi) is 1.23. The lowest BCUT2D eigenvalue weighted by Crippen LogP contribution is -2.23. The van der Waals surface area contributed by atoms with Crippen molar-refractivity contribution in [2.45, 2.75) is 26.2 Å². The molecule has 0 aromatic carbocycles. The maximum absolute atomic E-state index is 2.40. The molecule has 0 heterocycles. The van der Waals surface area contributed by atoms with Crippen LogP contribution >= 0.6 is 0 Å². The van der Waals surface area contributed by atoms with Crippen LogP contribution in [0, 0.1) is 11.3 Å². The topological polar surface area (TPSA) is 0 Å². The van der Waals surface area contributed by atoms with Crippen molar-refractivity contribution in [2.24, 2.45) is 11.3 Å². The summed E-state index contributed by atoms with van der Waals surface area (Å²) in [5.74, 6) is 0.772. The average Bonchev–Trinajstić information content (AvgIpc) is 2.08. The van der Waals surface area contributed by atoms with Gasteiger partial charge in [0.2, 0.25) is 0 Å². The molecule has 0 radical (unpaired) electrons. The van der Waals surface area contributed by atoms with E-state index in [1.807, 2.05) is 0 Å². The Labute approximate surface area is 62.6 Å². The highest BCUT2D eigenvalue weighted by atomic mass is 14.3. The second-order valence-electron chi connectivity index (χ2n) is 3.51. The molecule has 3 aliphatic carbocycles. The summed E-state index contributed by atoms with van der Waals surface area (Å²) in [5.41, 5.74) is 0.467. The van der Waals surface area contributed by atoms with Gasteiger partial charge in [0, 0.05) is 5.41 Å². The second kappa shape index (κ2) is 1.98. The van der Waals surface area contributed by atoms with Crippen molar-refractivity contribution >= 4 is 0 Å². The summed E-state index contributed by atoms with van der Waals surface area (Å²) in [7, 11) is 0. The van der Waals surface area contributed by atoms with E-state index in [0.29, 0.717) is 5.41 Å². The minimum atomic E-state index is 0.467. The second-order valence-corrected chi connectivity index (χ2v) is 3.51. The molecule has 3 rings (SSSR count). The third-order valence-corrected chi connectivity index (χ3v) is 2.95. The molecule has 3 aliphatic rings. The maximum Gasteiger partial charge on any atom is 0.00590 e. The predicted molar refractivity (Wildman–Crippen MR) is 43.7 cm³/mol. The first kappa shape index (κ1) is 6.21. The van der Waals surface area contributed by atoms with E-state index in [1.165, 1.54) is 19.3 Å². The molecular weight excluding hydrogens is 120 g/mol. The van der Waals surface area contributed by atoms with Crippen LogP contribution in [0.25, 0.3) is 0 Å². The van der Waals surface area contributed by atoms with Crippen molar-refractivity contribution in [1.82, 2.24) is 0 Å². The van der Waals surface area contributed by atoms with Crippen molar-refractivity contribution in [3.63, 3.8) is 0 Å². The number of rotatable bonds is 1. The predicted octanol–water partition coefficient (Wildman–Crippen LogP) is 2.92. The Morgan fingerprint density at radius 2 is 2.10 bits per heavy atom. The fourth-order valence-corrected chi connectivity index (χ4v) is 1.96. The Balaban J connectivity index is 2.31. The van der Waals surface area contributed by atoms with Gasteiger partial charge in [-0.25, -0.2) is 0 Å². The molecule has 2 bridgehead atoms. The van der Waals surface area contributed by atoms with Gasteiger partial charge < -0.3 is 0 Å². The smallest absolute Gasteiger partial charge is 0.00590 e. The van der Waals surface area contributed by atoms with E-state index in [0.717, 1.165) is 5.92 Å². The first-order chi connectivity index (χ1) is 4.85. The van der Waals surface area contributed by atoms with Crippen LogP contribution in [0.1, 0.15) is 26.2 Å². The van der Waals surface area contributed by atoms with Crippen LogP contribution in [0.3, 0.4) is 0 Å². The summed E-state index contributed by atoms with van der Waals surface area (Å²) in [6.45, 7) is 2.28. The largest absolute Gasteiger partial charge is 0.0808 e. The normalized spacial score (nSPS) is 42.7. The van der Waals surface area contributed by atoms with Gasteiger partial charge in [-0.1, -0.05) is 31.2 Å². The average molecular weight is 134 g/mol. The molecule has 0 aromatic heterocycles. The quantitative estimate of drug-likeness (QED) is 0.484. The van der Waals surface area contributed by atoms with E-state index < -0.39 is 0 Å². The van der Waals surface area contributed by atoms with E-state index in [2.05, 4.69) is 31.2 Å². The van der Waals surface area contributed by atoms with E-state index in [1.54, 1.807) is 0 Å². The van der Waals surface area contributed by atoms with Crippen LogP contribution < -0.4 is 0 Å². The molecule has 0 aromatic rings. The lowest BCUT2D eigenvalue weighted by atomic mass is 9.69.